The number of nitrogens with zero attached hydrogens (tertiary/aromatic N) is 1. The highest BCUT2D eigenvalue weighted by atomic mass is 16.5. The molecule has 0 aliphatic carbocycles. The van der Waals surface area contributed by atoms with Gasteiger partial charge in [0.15, 0.2) is 0 Å². The van der Waals surface area contributed by atoms with Gasteiger partial charge in [0.2, 0.25) is 5.91 Å². The summed E-state index contributed by atoms with van der Waals surface area (Å²) in [5.41, 5.74) is 0.758. The summed E-state index contributed by atoms with van der Waals surface area (Å²) in [5.74, 6) is 1.06. The molecule has 0 unspecified atom stereocenters. The Bertz CT molecular complexity index is 650. The normalized spacial score (nSPS) is 34.2. The number of rotatable bonds is 4. The Hall–Kier alpha value is -1.75. The van der Waals surface area contributed by atoms with E-state index in [0.717, 1.165) is 56.6 Å². The molecular formula is C20H28N2O3. The van der Waals surface area contributed by atoms with Crippen LogP contribution in [0.2, 0.25) is 0 Å². The minimum Gasteiger partial charge on any atom is -0.495 e. The van der Waals surface area contributed by atoms with E-state index < -0.39 is 0 Å². The Kier molecular flexibility index (Phi) is 4.36. The SMILES string of the molecule is COc1ccccc1N1CCC[C@H](NC(=O)[C@@]2(C)C[C@H]3CC[C@H]2O3)C1. The summed E-state index contributed by atoms with van der Waals surface area (Å²) in [7, 11) is 1.71. The van der Waals surface area contributed by atoms with Crippen molar-refractivity contribution in [2.75, 3.05) is 25.1 Å². The van der Waals surface area contributed by atoms with Crippen LogP contribution in [0.15, 0.2) is 24.3 Å². The summed E-state index contributed by atoms with van der Waals surface area (Å²) >= 11 is 0. The minimum absolute atomic E-state index is 0.103. The Morgan fingerprint density at radius 2 is 2.16 bits per heavy atom. The summed E-state index contributed by atoms with van der Waals surface area (Å²) in [6.07, 6.45) is 5.49. The number of benzene rings is 1. The number of hydrogen-bond acceptors (Lipinski definition) is 4. The van der Waals surface area contributed by atoms with Crippen LogP contribution in [0.25, 0.3) is 0 Å². The maximum absolute atomic E-state index is 13.0. The van der Waals surface area contributed by atoms with Crippen LogP contribution in [0.3, 0.4) is 0 Å². The lowest BCUT2D eigenvalue weighted by Gasteiger charge is -2.38. The van der Waals surface area contributed by atoms with Gasteiger partial charge in [-0.1, -0.05) is 12.1 Å². The highest BCUT2D eigenvalue weighted by molar-refractivity contribution is 5.84. The van der Waals surface area contributed by atoms with Crippen LogP contribution in [0, 0.1) is 5.41 Å². The van der Waals surface area contributed by atoms with Crippen molar-refractivity contribution in [3.63, 3.8) is 0 Å². The first-order valence-corrected chi connectivity index (χ1v) is 9.44. The number of methoxy groups -OCH3 is 1. The van der Waals surface area contributed by atoms with Crippen LogP contribution in [-0.2, 0) is 9.53 Å². The van der Waals surface area contributed by atoms with Gasteiger partial charge in [-0.25, -0.2) is 0 Å². The number of fused-ring (bicyclic) bond motifs is 2. The highest BCUT2D eigenvalue weighted by Gasteiger charge is 2.54. The van der Waals surface area contributed by atoms with E-state index in [0.29, 0.717) is 0 Å². The number of hydrogen-bond donors (Lipinski definition) is 1. The summed E-state index contributed by atoms with van der Waals surface area (Å²) in [6.45, 7) is 3.90. The van der Waals surface area contributed by atoms with Crippen molar-refractivity contribution in [2.24, 2.45) is 5.41 Å². The van der Waals surface area contributed by atoms with E-state index in [1.54, 1.807) is 7.11 Å². The number of piperidine rings is 1. The fraction of sp³-hybridized carbons (Fsp3) is 0.650. The second kappa shape index (κ2) is 6.52. The van der Waals surface area contributed by atoms with Crippen molar-refractivity contribution >= 4 is 11.6 Å². The quantitative estimate of drug-likeness (QED) is 0.912. The molecule has 0 saturated carbocycles. The molecule has 25 heavy (non-hydrogen) atoms. The van der Waals surface area contributed by atoms with Crippen LogP contribution in [0.1, 0.15) is 39.0 Å². The topological polar surface area (TPSA) is 50.8 Å². The molecular weight excluding hydrogens is 316 g/mol. The molecule has 3 aliphatic rings. The third-order valence-corrected chi connectivity index (χ3v) is 6.17. The molecule has 3 saturated heterocycles. The van der Waals surface area contributed by atoms with Gasteiger partial charge in [0.25, 0.3) is 0 Å². The van der Waals surface area contributed by atoms with Gasteiger partial charge in [-0.3, -0.25) is 4.79 Å². The number of ether oxygens (including phenoxy) is 2. The molecule has 0 spiro atoms. The molecule has 1 amide bonds. The van der Waals surface area contributed by atoms with Crippen molar-refractivity contribution in [2.45, 2.75) is 57.3 Å². The molecule has 2 bridgehead atoms. The lowest BCUT2D eigenvalue weighted by atomic mass is 9.74. The zero-order valence-electron chi connectivity index (χ0n) is 15.2. The number of carbonyl (C=O) groups is 1. The van der Waals surface area contributed by atoms with Crippen LogP contribution < -0.4 is 15.0 Å². The standard InChI is InChI=1S/C20H28N2O3/c1-20(12-15-9-10-18(20)25-15)19(23)21-14-6-5-11-22(13-14)16-7-3-4-8-17(16)24-2/h3-4,7-8,14-15,18H,5-6,9-13H2,1-2H3,(H,21,23)/t14-,15+,18+,20-/m0/s1. The molecule has 1 N–H and O–H groups in total. The summed E-state index contributed by atoms with van der Waals surface area (Å²) in [5, 5.41) is 3.32. The second-order valence-corrected chi connectivity index (χ2v) is 7.88. The Labute approximate surface area is 149 Å². The van der Waals surface area contributed by atoms with Gasteiger partial charge < -0.3 is 19.7 Å². The average molecular weight is 344 g/mol. The molecule has 136 valence electrons. The van der Waals surface area contributed by atoms with Crippen molar-refractivity contribution < 1.29 is 14.3 Å². The van der Waals surface area contributed by atoms with Gasteiger partial charge in [-0.2, -0.15) is 0 Å². The summed E-state index contributed by atoms with van der Waals surface area (Å²) in [6, 6.07) is 8.29. The Morgan fingerprint density at radius 1 is 1.32 bits per heavy atom. The van der Waals surface area contributed by atoms with E-state index in [9.17, 15) is 4.79 Å². The van der Waals surface area contributed by atoms with Crippen molar-refractivity contribution in [1.82, 2.24) is 5.32 Å². The lowest BCUT2D eigenvalue weighted by Crippen LogP contribution is -2.53. The smallest absolute Gasteiger partial charge is 0.228 e. The molecule has 4 rings (SSSR count). The molecule has 3 aliphatic heterocycles. The zero-order valence-corrected chi connectivity index (χ0v) is 15.2. The maximum atomic E-state index is 13.0. The van der Waals surface area contributed by atoms with E-state index in [1.165, 1.54) is 0 Å². The minimum atomic E-state index is -0.352. The predicted octanol–water partition coefficient (Wildman–Crippen LogP) is 2.74. The summed E-state index contributed by atoms with van der Waals surface area (Å²) in [4.78, 5) is 15.3. The van der Waals surface area contributed by atoms with Crippen molar-refractivity contribution in [3.8, 4) is 5.75 Å². The van der Waals surface area contributed by atoms with Crippen LogP contribution in [-0.4, -0.2) is 44.4 Å². The first kappa shape index (κ1) is 16.7. The molecule has 1 aromatic carbocycles. The van der Waals surface area contributed by atoms with E-state index in [4.69, 9.17) is 9.47 Å². The molecule has 0 aromatic heterocycles. The van der Waals surface area contributed by atoms with Crippen LogP contribution in [0.5, 0.6) is 5.75 Å². The average Bonchev–Trinajstić information content (AvgIpc) is 3.23. The molecule has 5 nitrogen and oxygen atoms in total. The van der Waals surface area contributed by atoms with Gasteiger partial charge in [-0.05, 0) is 51.2 Å². The Balaban J connectivity index is 1.42. The first-order chi connectivity index (χ1) is 12.1. The first-order valence-electron chi connectivity index (χ1n) is 9.44. The number of carbonyl (C=O) groups excluding carboxylic acids is 1. The molecule has 0 radical (unpaired) electrons. The molecule has 4 atom stereocenters. The van der Waals surface area contributed by atoms with Gasteiger partial charge >= 0.3 is 0 Å². The highest BCUT2D eigenvalue weighted by Crippen LogP contribution is 2.47. The number of nitrogens with one attached hydrogen (secondary N) is 1. The molecule has 5 heteroatoms. The van der Waals surface area contributed by atoms with E-state index in [2.05, 4.69) is 23.2 Å². The van der Waals surface area contributed by atoms with Gasteiger partial charge in [-0.15, -0.1) is 0 Å². The monoisotopic (exact) mass is 344 g/mol. The number of para-hydroxylation sites is 2. The predicted molar refractivity (Wildman–Crippen MR) is 97.0 cm³/mol. The van der Waals surface area contributed by atoms with Gasteiger partial charge in [0.05, 0.1) is 30.4 Å². The molecule has 1 aromatic rings. The largest absolute Gasteiger partial charge is 0.495 e. The summed E-state index contributed by atoms with van der Waals surface area (Å²) < 4.78 is 11.4. The maximum Gasteiger partial charge on any atom is 0.228 e. The van der Waals surface area contributed by atoms with E-state index in [1.807, 2.05) is 18.2 Å². The second-order valence-electron chi connectivity index (χ2n) is 7.88. The number of amides is 1. The molecule has 3 fully saturated rings. The third-order valence-electron chi connectivity index (χ3n) is 6.17. The Morgan fingerprint density at radius 3 is 2.88 bits per heavy atom. The zero-order chi connectivity index (χ0) is 17.4. The molecule has 3 heterocycles. The van der Waals surface area contributed by atoms with Crippen molar-refractivity contribution in [3.05, 3.63) is 24.3 Å². The van der Waals surface area contributed by atoms with Crippen LogP contribution >= 0.6 is 0 Å². The third kappa shape index (κ3) is 2.99. The van der Waals surface area contributed by atoms with Gasteiger partial charge in [0.1, 0.15) is 5.75 Å². The van der Waals surface area contributed by atoms with Crippen molar-refractivity contribution in [1.29, 1.82) is 0 Å². The van der Waals surface area contributed by atoms with E-state index >= 15 is 0 Å². The van der Waals surface area contributed by atoms with Gasteiger partial charge in [0, 0.05) is 19.1 Å². The number of anilines is 1. The van der Waals surface area contributed by atoms with Crippen LogP contribution in [0.4, 0.5) is 5.69 Å². The fourth-order valence-corrected chi connectivity index (χ4v) is 4.72. The fourth-order valence-electron chi connectivity index (χ4n) is 4.72. The van der Waals surface area contributed by atoms with E-state index in [-0.39, 0.29) is 29.6 Å². The lowest BCUT2D eigenvalue weighted by molar-refractivity contribution is -0.133.